The zero-order valence-electron chi connectivity index (χ0n) is 9.45. The zero-order valence-corrected chi connectivity index (χ0v) is 12.3. The number of aliphatic carboxylic acids is 1. The Morgan fingerprint density at radius 3 is 2.88 bits per heavy atom. The van der Waals surface area contributed by atoms with Crippen LogP contribution in [0.15, 0.2) is 24.4 Å². The molecular weight excluding hydrogens is 251 g/mol. The van der Waals surface area contributed by atoms with Crippen molar-refractivity contribution in [2.45, 2.75) is 5.37 Å². The quantitative estimate of drug-likeness (QED) is 0.479. The number of rotatable bonds is 3. The van der Waals surface area contributed by atoms with Crippen LogP contribution in [0.1, 0.15) is 5.37 Å². The summed E-state index contributed by atoms with van der Waals surface area (Å²) in [7, 11) is 1.56. The van der Waals surface area contributed by atoms with Crippen LogP contribution in [0, 0.1) is 0 Å². The van der Waals surface area contributed by atoms with Crippen LogP contribution in [-0.2, 0) is 4.79 Å². The van der Waals surface area contributed by atoms with Gasteiger partial charge in [-0.15, -0.1) is 12.6 Å². The molecule has 0 aliphatic carbocycles. The van der Waals surface area contributed by atoms with Crippen LogP contribution < -0.4 is 39.4 Å². The van der Waals surface area contributed by atoms with Gasteiger partial charge >= 0.3 is 29.6 Å². The van der Waals surface area contributed by atoms with Crippen LogP contribution in [-0.4, -0.2) is 22.9 Å². The number of methoxy groups -OCH3 is 1. The van der Waals surface area contributed by atoms with E-state index < -0.39 is 11.3 Å². The third-order valence-electron chi connectivity index (χ3n) is 2.19. The van der Waals surface area contributed by atoms with Crippen molar-refractivity contribution in [1.29, 1.82) is 0 Å². The van der Waals surface area contributed by atoms with Crippen LogP contribution in [0.3, 0.4) is 0 Å². The topological polar surface area (TPSA) is 67.2 Å². The second kappa shape index (κ2) is 5.77. The van der Waals surface area contributed by atoms with Crippen molar-refractivity contribution in [2.75, 3.05) is 7.11 Å². The fourth-order valence-electron chi connectivity index (χ4n) is 1.38. The Hall–Kier alpha value is -0.690. The van der Waals surface area contributed by atoms with E-state index in [0.717, 1.165) is 5.39 Å². The Bertz CT molecular complexity index is 543. The first-order chi connectivity index (χ1) is 7.61. The molecule has 1 atom stereocenters. The SMILES string of the molecule is COc1ccc2nn(C(S)C(=O)[O-])cc2c1.[Na+]. The van der Waals surface area contributed by atoms with Crippen molar-refractivity contribution < 1.29 is 44.2 Å². The van der Waals surface area contributed by atoms with E-state index in [1.54, 1.807) is 31.5 Å². The van der Waals surface area contributed by atoms with Crippen molar-refractivity contribution in [3.63, 3.8) is 0 Å². The number of carboxylic acid groups (broad SMARTS) is 1. The molecule has 0 saturated heterocycles. The first-order valence-electron chi connectivity index (χ1n) is 4.53. The molecule has 0 N–H and O–H groups in total. The molecule has 0 aliphatic rings. The molecule has 1 aromatic carbocycles. The monoisotopic (exact) mass is 260 g/mol. The summed E-state index contributed by atoms with van der Waals surface area (Å²) in [4.78, 5) is 10.6. The molecule has 1 heterocycles. The third kappa shape index (κ3) is 2.95. The minimum absolute atomic E-state index is 0. The summed E-state index contributed by atoms with van der Waals surface area (Å²) in [5.74, 6) is -0.598. The van der Waals surface area contributed by atoms with Gasteiger partial charge in [-0.25, -0.2) is 0 Å². The number of benzene rings is 1. The molecule has 0 fully saturated rings. The van der Waals surface area contributed by atoms with Gasteiger partial charge in [0.05, 0.1) is 18.6 Å². The molecule has 0 aliphatic heterocycles. The molecule has 84 valence electrons. The molecule has 0 saturated carbocycles. The van der Waals surface area contributed by atoms with E-state index in [0.29, 0.717) is 11.3 Å². The summed E-state index contributed by atoms with van der Waals surface area (Å²) in [6.45, 7) is 0. The maximum Gasteiger partial charge on any atom is 1.00 e. The molecule has 0 radical (unpaired) electrons. The standard InChI is InChI=1S/C10H10N2O3S.Na/c1-15-7-2-3-8-6(4-7)5-12(11-8)9(16)10(13)14;/h2-5,9,16H,1H3,(H,13,14);/q;+1/p-1. The van der Waals surface area contributed by atoms with Gasteiger partial charge in [-0.1, -0.05) is 0 Å². The van der Waals surface area contributed by atoms with Gasteiger partial charge in [-0.3, -0.25) is 4.68 Å². The van der Waals surface area contributed by atoms with Crippen molar-refractivity contribution in [1.82, 2.24) is 9.78 Å². The van der Waals surface area contributed by atoms with Gasteiger partial charge in [0, 0.05) is 11.6 Å². The van der Waals surface area contributed by atoms with Crippen LogP contribution in [0.4, 0.5) is 0 Å². The molecule has 2 aromatic rings. The van der Waals surface area contributed by atoms with E-state index in [1.165, 1.54) is 4.68 Å². The molecule has 0 amide bonds. The maximum atomic E-state index is 10.6. The molecule has 0 spiro atoms. The van der Waals surface area contributed by atoms with Gasteiger partial charge in [0.25, 0.3) is 0 Å². The number of fused-ring (bicyclic) bond motifs is 1. The molecule has 1 aromatic heterocycles. The number of hydrogen-bond donors (Lipinski definition) is 1. The van der Waals surface area contributed by atoms with Crippen LogP contribution in [0.25, 0.3) is 10.9 Å². The second-order valence-corrected chi connectivity index (χ2v) is 3.72. The van der Waals surface area contributed by atoms with Gasteiger partial charge in [0.1, 0.15) is 11.1 Å². The molecule has 5 nitrogen and oxygen atoms in total. The molecule has 0 bridgehead atoms. The number of ether oxygens (including phenoxy) is 1. The zero-order chi connectivity index (χ0) is 11.7. The van der Waals surface area contributed by atoms with Crippen molar-refractivity contribution in [2.24, 2.45) is 0 Å². The number of hydrogen-bond acceptors (Lipinski definition) is 5. The van der Waals surface area contributed by atoms with E-state index in [1.807, 2.05) is 0 Å². The summed E-state index contributed by atoms with van der Waals surface area (Å²) >= 11 is 3.88. The Kier molecular flexibility index (Phi) is 4.88. The fourth-order valence-corrected chi connectivity index (χ4v) is 1.50. The molecule has 17 heavy (non-hydrogen) atoms. The predicted molar refractivity (Wildman–Crippen MR) is 59.3 cm³/mol. The number of carbonyl (C=O) groups excluding carboxylic acids is 1. The van der Waals surface area contributed by atoms with Gasteiger partial charge in [0.15, 0.2) is 0 Å². The molecule has 7 heteroatoms. The first kappa shape index (κ1) is 14.4. The number of nitrogens with zero attached hydrogens (tertiary/aromatic N) is 2. The number of carbonyl (C=O) groups is 1. The second-order valence-electron chi connectivity index (χ2n) is 3.23. The van der Waals surface area contributed by atoms with Gasteiger partial charge in [-0.2, -0.15) is 5.10 Å². The van der Waals surface area contributed by atoms with E-state index in [2.05, 4.69) is 17.7 Å². The van der Waals surface area contributed by atoms with Crippen molar-refractivity contribution in [3.05, 3.63) is 24.4 Å². The minimum atomic E-state index is -1.29. The summed E-state index contributed by atoms with van der Waals surface area (Å²) in [5.41, 5.74) is 0.682. The Morgan fingerprint density at radius 1 is 1.59 bits per heavy atom. The van der Waals surface area contributed by atoms with Crippen LogP contribution in [0.2, 0.25) is 0 Å². The number of carboxylic acids is 1. The Morgan fingerprint density at radius 2 is 2.29 bits per heavy atom. The summed E-state index contributed by atoms with van der Waals surface area (Å²) < 4.78 is 6.29. The summed E-state index contributed by atoms with van der Waals surface area (Å²) in [5, 5.41) is 14.4. The number of thiol groups is 1. The van der Waals surface area contributed by atoms with Gasteiger partial charge < -0.3 is 14.6 Å². The molecular formula is C10H9N2NaO3S. The normalized spacial score (nSPS) is 11.9. The van der Waals surface area contributed by atoms with Gasteiger partial charge in [0.2, 0.25) is 0 Å². The average molecular weight is 260 g/mol. The third-order valence-corrected chi connectivity index (χ3v) is 2.64. The largest absolute Gasteiger partial charge is 1.00 e. The average Bonchev–Trinajstić information content (AvgIpc) is 2.69. The van der Waals surface area contributed by atoms with Crippen LogP contribution in [0.5, 0.6) is 5.75 Å². The van der Waals surface area contributed by atoms with E-state index >= 15 is 0 Å². The van der Waals surface area contributed by atoms with E-state index in [9.17, 15) is 9.90 Å². The van der Waals surface area contributed by atoms with Crippen molar-refractivity contribution in [3.8, 4) is 5.75 Å². The van der Waals surface area contributed by atoms with Gasteiger partial charge in [-0.05, 0) is 18.2 Å². The molecule has 2 rings (SSSR count). The summed E-state index contributed by atoms with van der Waals surface area (Å²) in [6, 6.07) is 5.28. The number of aromatic nitrogens is 2. The Labute approximate surface area is 125 Å². The van der Waals surface area contributed by atoms with E-state index in [4.69, 9.17) is 4.74 Å². The smallest absolute Gasteiger partial charge is 0.547 e. The maximum absolute atomic E-state index is 10.6. The summed E-state index contributed by atoms with van der Waals surface area (Å²) in [6.07, 6.45) is 1.59. The minimum Gasteiger partial charge on any atom is -0.547 e. The van der Waals surface area contributed by atoms with Crippen LogP contribution >= 0.6 is 12.6 Å². The van der Waals surface area contributed by atoms with E-state index in [-0.39, 0.29) is 29.6 Å². The Balaban J connectivity index is 0.00000144. The fraction of sp³-hybridized carbons (Fsp3) is 0.200. The predicted octanol–water partition coefficient (Wildman–Crippen LogP) is -2.77. The van der Waals surface area contributed by atoms with Crippen molar-refractivity contribution >= 4 is 29.5 Å². The molecule has 1 unspecified atom stereocenters. The first-order valence-corrected chi connectivity index (χ1v) is 5.05.